The molecule has 27 heteroatoms. The number of quaternary nitrogens is 2. The zero-order valence-electron chi connectivity index (χ0n) is 34.1. The van der Waals surface area contributed by atoms with E-state index < -0.39 is 109 Å². The van der Waals surface area contributed by atoms with Gasteiger partial charge in [0.05, 0.1) is 51.6 Å². The second kappa shape index (κ2) is 37.5. The molecule has 0 aromatic carbocycles. The summed E-state index contributed by atoms with van der Waals surface area (Å²) in [6.45, 7) is -7.81. The normalized spacial score (nSPS) is 9.92. The predicted octanol–water partition coefficient (Wildman–Crippen LogP) is -7.59. The molecule has 0 aliphatic carbocycles. The van der Waals surface area contributed by atoms with Gasteiger partial charge in [0.1, 0.15) is 26.3 Å². The third kappa shape index (κ3) is 38.7. The number of ether oxygens (including phenoxy) is 4. The van der Waals surface area contributed by atoms with Gasteiger partial charge in [-0.1, -0.05) is 0 Å². The molecule has 0 amide bonds. The van der Waals surface area contributed by atoms with Crippen molar-refractivity contribution in [3.8, 4) is 0 Å². The molecule has 0 bridgehead atoms. The molecule has 0 atom stereocenters. The van der Waals surface area contributed by atoms with Gasteiger partial charge in [-0.25, -0.2) is 28.8 Å². The van der Waals surface area contributed by atoms with Crippen LogP contribution in [0.2, 0.25) is 0 Å². The summed E-state index contributed by atoms with van der Waals surface area (Å²) in [6.07, 6.45) is 0. The number of esters is 2. The van der Waals surface area contributed by atoms with Gasteiger partial charge in [0, 0.05) is 0 Å². The summed E-state index contributed by atoms with van der Waals surface area (Å²) in [5.74, 6) is -11.2. The Labute approximate surface area is 390 Å². The van der Waals surface area contributed by atoms with E-state index in [4.69, 9.17) is 49.6 Å². The number of aliphatic hydroxyl groups excluding tert-OH is 2. The van der Waals surface area contributed by atoms with Crippen LogP contribution in [-0.4, -0.2) is 306 Å². The van der Waals surface area contributed by atoms with Gasteiger partial charge in [-0.2, -0.15) is 0 Å². The maximum Gasteiger partial charge on any atom is 2.00 e. The molecule has 0 aliphatic heterocycles. The van der Waals surface area contributed by atoms with E-state index in [9.17, 15) is 48.6 Å². The number of rotatable bonds is 26. The Bertz CT molecular complexity index is 922. The molecule has 12 N–H and O–H groups in total. The van der Waals surface area contributed by atoms with Crippen LogP contribution in [0.5, 0.6) is 0 Å². The van der Waals surface area contributed by atoms with Crippen LogP contribution in [0.4, 0.5) is 0 Å². The Balaban J connectivity index is -0.0000000518. The van der Waals surface area contributed by atoms with Gasteiger partial charge in [-0.05, 0) is 0 Å². The van der Waals surface area contributed by atoms with E-state index in [0.717, 1.165) is 0 Å². The summed E-state index contributed by atoms with van der Waals surface area (Å²) in [5.41, 5.74) is 0. The van der Waals surface area contributed by atoms with Gasteiger partial charge in [0.2, 0.25) is 0 Å². The molecule has 24 nitrogen and oxygen atoms in total. The van der Waals surface area contributed by atoms with Crippen LogP contribution < -0.4 is 22.5 Å². The van der Waals surface area contributed by atoms with Crippen molar-refractivity contribution in [2.24, 2.45) is 0 Å². The van der Waals surface area contributed by atoms with Crippen molar-refractivity contribution >= 4 is 161 Å². The summed E-state index contributed by atoms with van der Waals surface area (Å²) < 4.78 is 17.0. The third-order valence-electron chi connectivity index (χ3n) is 5.19. The quantitative estimate of drug-likeness (QED) is 0.0174. The van der Waals surface area contributed by atoms with Crippen molar-refractivity contribution in [2.45, 2.75) is 0 Å². The number of aliphatic carboxylic acids is 6. The van der Waals surface area contributed by atoms with E-state index in [0.29, 0.717) is 0 Å². The molecule has 0 saturated heterocycles. The van der Waals surface area contributed by atoms with Crippen molar-refractivity contribution in [3.63, 3.8) is 0 Å². The first kappa shape index (κ1) is 65.1. The van der Waals surface area contributed by atoms with Crippen molar-refractivity contribution in [1.29, 1.82) is 0 Å². The Hall–Kier alpha value is -0.781. The average Bonchev–Trinajstić information content (AvgIpc) is 2.85. The fourth-order valence-corrected chi connectivity index (χ4v) is 3.77. The number of nitrogens with zero attached hydrogens (tertiary/aromatic N) is 2. The monoisotopic (exact) mass is 834 g/mol. The first-order chi connectivity index (χ1) is 21.4. The number of carbonyl (C=O) groups is 8. The first-order valence-corrected chi connectivity index (χ1v) is 13.1. The third-order valence-corrected chi connectivity index (χ3v) is 5.19. The maximum absolute atomic E-state index is 11.7. The second-order valence-corrected chi connectivity index (χ2v) is 9.38. The number of carboxylic acid groups (broad SMARTS) is 6. The summed E-state index contributed by atoms with van der Waals surface area (Å²) in [4.78, 5) is 88.5. The van der Waals surface area contributed by atoms with Crippen molar-refractivity contribution in [1.82, 2.24) is 12.3 Å². The number of aliphatic hydroxyl groups is 2. The standard InChI is InChI=1S/2C12H19NO10.3Ca.2H3N.6H/c2*14-1-2-22-3-4-23-12(21)8-13(5-9(15)16,6-10(17)18)7-11(19)20;;;;;;;;;;;/h2*14H,1-8H2,(H2-,15,16,17,18,19,20);;;;2*1H3;;;;;;/q;;3*+2;;;6*-1. The smallest absolute Gasteiger partial charge is 1.00 e. The predicted molar refractivity (Wildman–Crippen MR) is 172 cm³/mol. The number of carbonyl (C=O) groups excluding carboxylic acids is 4. The molecule has 0 heterocycles. The van der Waals surface area contributed by atoms with E-state index in [1.54, 1.807) is 0 Å². The molecular weight excluding hydrogens is 785 g/mol. The summed E-state index contributed by atoms with van der Waals surface area (Å²) in [6, 6.07) is 0. The zero-order chi connectivity index (χ0) is 35.8. The minimum absolute atomic E-state index is 0. The van der Waals surface area contributed by atoms with Crippen LogP contribution in [-0.2, 0) is 57.3 Å². The maximum atomic E-state index is 11.7. The average molecular weight is 835 g/mol. The van der Waals surface area contributed by atoms with Crippen molar-refractivity contribution in [2.75, 3.05) is 105 Å². The van der Waals surface area contributed by atoms with Gasteiger partial charge in [-0.3, -0.25) is 8.97 Å². The molecular formula is C24H50Ca3N4O20. The molecule has 0 saturated carbocycles. The van der Waals surface area contributed by atoms with Crippen LogP contribution in [0, 0.1) is 0 Å². The molecule has 292 valence electrons. The van der Waals surface area contributed by atoms with Gasteiger partial charge >= 0.3 is 149 Å². The summed E-state index contributed by atoms with van der Waals surface area (Å²) in [5, 5.41) is 73.9. The van der Waals surface area contributed by atoms with Crippen LogP contribution >= 0.6 is 0 Å². The Morgan fingerprint density at radius 2 is 0.706 bits per heavy atom. The van der Waals surface area contributed by atoms with Crippen LogP contribution in [0.3, 0.4) is 0 Å². The van der Waals surface area contributed by atoms with E-state index in [1.165, 1.54) is 0 Å². The topological polar surface area (TPSA) is 411 Å². The fourth-order valence-electron chi connectivity index (χ4n) is 3.77. The molecule has 0 rings (SSSR count). The van der Waals surface area contributed by atoms with Crippen LogP contribution in [0.25, 0.3) is 0 Å². The van der Waals surface area contributed by atoms with Gasteiger partial charge in [-0.15, -0.1) is 0 Å². The molecule has 0 aliphatic rings. The van der Waals surface area contributed by atoms with E-state index in [2.05, 4.69) is 0 Å². The molecule has 0 aromatic rings. The zero-order valence-corrected chi connectivity index (χ0v) is 34.8. The Kier molecular flexibility index (Phi) is 47.9. The Morgan fingerprint density at radius 1 is 0.451 bits per heavy atom. The van der Waals surface area contributed by atoms with Gasteiger partial charge in [0.15, 0.2) is 39.3 Å². The van der Waals surface area contributed by atoms with Crippen molar-refractivity contribution in [3.05, 3.63) is 0 Å². The molecule has 0 aromatic heterocycles. The van der Waals surface area contributed by atoms with Gasteiger partial charge < -0.3 is 90.2 Å². The molecule has 51 heavy (non-hydrogen) atoms. The number of carboxylic acids is 6. The SMILES string of the molecule is N.N.O=C(O)C[N+](CC(=O)O)(CC(=O)O)CC(=O)OCCOCCO.O=C([O-])C[N+](CC(=O)[O-])(CC(=O)O)CC(=O)OCCOCCO.[Ca+2].[Ca+2].[Ca+2].[H-].[H-].[H-].[H-].[H-].[H-]. The largest absolute Gasteiger partial charge is 2.00 e. The number of hydrogen-bond donors (Lipinski definition) is 8. The molecule has 0 unspecified atom stereocenters. The molecule has 0 spiro atoms. The van der Waals surface area contributed by atoms with E-state index in [-0.39, 0.29) is 187 Å². The Morgan fingerprint density at radius 3 is 0.922 bits per heavy atom. The fraction of sp³-hybridized carbons (Fsp3) is 0.667. The minimum atomic E-state index is -1.72. The molecule has 0 radical (unpaired) electrons. The van der Waals surface area contributed by atoms with Crippen LogP contribution in [0.1, 0.15) is 8.56 Å². The second-order valence-electron chi connectivity index (χ2n) is 9.38. The summed E-state index contributed by atoms with van der Waals surface area (Å²) >= 11 is 0. The van der Waals surface area contributed by atoms with Crippen LogP contribution in [0.15, 0.2) is 0 Å². The minimum Gasteiger partial charge on any atom is -1.00 e. The first-order valence-electron chi connectivity index (χ1n) is 13.1. The molecule has 0 fully saturated rings. The van der Waals surface area contributed by atoms with Gasteiger partial charge in [0.25, 0.3) is 0 Å². The summed E-state index contributed by atoms with van der Waals surface area (Å²) in [7, 11) is 0. The van der Waals surface area contributed by atoms with E-state index in [1.807, 2.05) is 0 Å². The van der Waals surface area contributed by atoms with E-state index >= 15 is 0 Å². The van der Waals surface area contributed by atoms with Crippen molar-refractivity contribution < 1.29 is 116 Å². The number of hydrogen-bond acceptors (Lipinski definition) is 18.